The van der Waals surface area contributed by atoms with Gasteiger partial charge in [-0.1, -0.05) is 11.3 Å². The molecular formula is C10H13N5O4S2. The lowest BCUT2D eigenvalue weighted by Gasteiger charge is -2.02. The van der Waals surface area contributed by atoms with Crippen LogP contribution in [-0.4, -0.2) is 30.1 Å². The second kappa shape index (κ2) is 6.20. The largest absolute Gasteiger partial charge is 0.372 e. The van der Waals surface area contributed by atoms with E-state index in [9.17, 15) is 18.5 Å². The van der Waals surface area contributed by atoms with Gasteiger partial charge in [0.15, 0.2) is 5.00 Å². The number of anilines is 1. The summed E-state index contributed by atoms with van der Waals surface area (Å²) in [5, 5.41) is 20.2. The molecule has 0 radical (unpaired) electrons. The van der Waals surface area contributed by atoms with Crippen LogP contribution in [-0.2, 0) is 16.6 Å². The summed E-state index contributed by atoms with van der Waals surface area (Å²) in [6.07, 6.45) is 3.05. The van der Waals surface area contributed by atoms with Gasteiger partial charge >= 0.3 is 5.69 Å². The number of hydrogen-bond acceptors (Lipinski definition) is 7. The first-order chi connectivity index (χ1) is 9.94. The summed E-state index contributed by atoms with van der Waals surface area (Å²) < 4.78 is 26.5. The predicted octanol–water partition coefficient (Wildman–Crippen LogP) is 1.29. The molecule has 11 heteroatoms. The zero-order chi connectivity index (χ0) is 15.5. The summed E-state index contributed by atoms with van der Waals surface area (Å²) in [5.74, 6) is 0. The van der Waals surface area contributed by atoms with Crippen molar-refractivity contribution in [3.63, 3.8) is 0 Å². The molecule has 0 spiro atoms. The minimum absolute atomic E-state index is 0.0566. The molecule has 0 saturated heterocycles. The molecule has 21 heavy (non-hydrogen) atoms. The average Bonchev–Trinajstić information content (AvgIpc) is 3.06. The molecule has 114 valence electrons. The SMILES string of the molecule is CCNc1sc(S(=O)(=O)NCc2cn[nH]c2)cc1[N+](=O)[O-]. The van der Waals surface area contributed by atoms with Crippen molar-refractivity contribution < 1.29 is 13.3 Å². The Bertz CT molecular complexity index is 723. The number of sulfonamides is 1. The summed E-state index contributed by atoms with van der Waals surface area (Å²) in [6, 6.07) is 1.06. The van der Waals surface area contributed by atoms with Gasteiger partial charge in [-0.05, 0) is 6.92 Å². The highest BCUT2D eigenvalue weighted by atomic mass is 32.2. The number of nitrogens with zero attached hydrogens (tertiary/aromatic N) is 2. The van der Waals surface area contributed by atoms with Gasteiger partial charge < -0.3 is 5.32 Å². The van der Waals surface area contributed by atoms with Gasteiger partial charge in [0.05, 0.1) is 11.1 Å². The molecule has 2 rings (SSSR count). The van der Waals surface area contributed by atoms with Crippen molar-refractivity contribution in [1.29, 1.82) is 0 Å². The Morgan fingerprint density at radius 3 is 2.86 bits per heavy atom. The molecular weight excluding hydrogens is 318 g/mol. The van der Waals surface area contributed by atoms with Gasteiger partial charge in [0.2, 0.25) is 0 Å². The maximum atomic E-state index is 12.1. The highest BCUT2D eigenvalue weighted by Gasteiger charge is 2.25. The number of aromatic amines is 1. The third-order valence-corrected chi connectivity index (χ3v) is 5.47. The molecule has 0 amide bonds. The molecule has 2 aromatic rings. The van der Waals surface area contributed by atoms with E-state index >= 15 is 0 Å². The predicted molar refractivity (Wildman–Crippen MR) is 77.8 cm³/mol. The lowest BCUT2D eigenvalue weighted by Crippen LogP contribution is -2.22. The van der Waals surface area contributed by atoms with E-state index in [0.717, 1.165) is 17.4 Å². The van der Waals surface area contributed by atoms with Crippen molar-refractivity contribution in [2.45, 2.75) is 17.7 Å². The van der Waals surface area contributed by atoms with E-state index in [1.165, 1.54) is 6.20 Å². The van der Waals surface area contributed by atoms with E-state index in [2.05, 4.69) is 20.2 Å². The zero-order valence-corrected chi connectivity index (χ0v) is 12.6. The molecule has 3 N–H and O–H groups in total. The van der Waals surface area contributed by atoms with E-state index in [4.69, 9.17) is 0 Å². The molecule has 0 fully saturated rings. The highest BCUT2D eigenvalue weighted by Crippen LogP contribution is 2.36. The molecule has 0 saturated carbocycles. The third kappa shape index (κ3) is 3.56. The Labute approximate surface area is 124 Å². The summed E-state index contributed by atoms with van der Waals surface area (Å²) in [5.41, 5.74) is 0.419. The van der Waals surface area contributed by atoms with Crippen LogP contribution in [0.2, 0.25) is 0 Å². The van der Waals surface area contributed by atoms with E-state index in [1.807, 2.05) is 0 Å². The smallest absolute Gasteiger partial charge is 0.304 e. The van der Waals surface area contributed by atoms with Crippen molar-refractivity contribution in [2.75, 3.05) is 11.9 Å². The molecule has 0 aliphatic rings. The van der Waals surface area contributed by atoms with E-state index in [-0.39, 0.29) is 21.4 Å². The maximum Gasteiger partial charge on any atom is 0.304 e. The standard InChI is InChI=1S/C10H13N5O4S2/c1-2-11-10-8(15(16)17)3-9(20-10)21(18,19)14-6-7-4-12-13-5-7/h3-5,11,14H,2,6H2,1H3,(H,12,13). The summed E-state index contributed by atoms with van der Waals surface area (Å²) in [4.78, 5) is 10.3. The number of thiophene rings is 1. The van der Waals surface area contributed by atoms with Crippen LogP contribution in [0.3, 0.4) is 0 Å². The molecule has 0 bridgehead atoms. The number of hydrogen-bond donors (Lipinski definition) is 3. The minimum Gasteiger partial charge on any atom is -0.372 e. The summed E-state index contributed by atoms with van der Waals surface area (Å²) in [6.45, 7) is 2.29. The van der Waals surface area contributed by atoms with Crippen LogP contribution in [0.5, 0.6) is 0 Å². The van der Waals surface area contributed by atoms with Gasteiger partial charge in [-0.3, -0.25) is 15.2 Å². The summed E-state index contributed by atoms with van der Waals surface area (Å²) >= 11 is 0.830. The minimum atomic E-state index is -3.81. The van der Waals surface area contributed by atoms with Gasteiger partial charge in [0.25, 0.3) is 10.0 Å². The van der Waals surface area contributed by atoms with Crippen molar-refractivity contribution in [2.24, 2.45) is 0 Å². The fourth-order valence-corrected chi connectivity index (χ4v) is 4.00. The van der Waals surface area contributed by atoms with E-state index in [0.29, 0.717) is 12.1 Å². The molecule has 2 heterocycles. The van der Waals surface area contributed by atoms with Crippen LogP contribution in [0, 0.1) is 10.1 Å². The fourth-order valence-electron chi connectivity index (χ4n) is 1.54. The number of nitrogens with one attached hydrogen (secondary N) is 3. The molecule has 0 atom stereocenters. The quantitative estimate of drug-likeness (QED) is 0.518. The Morgan fingerprint density at radius 2 is 2.29 bits per heavy atom. The molecule has 0 aromatic carbocycles. The fraction of sp³-hybridized carbons (Fsp3) is 0.300. The van der Waals surface area contributed by atoms with Crippen LogP contribution >= 0.6 is 11.3 Å². The van der Waals surface area contributed by atoms with Gasteiger partial charge in [0.1, 0.15) is 4.21 Å². The van der Waals surface area contributed by atoms with Crippen molar-refractivity contribution in [1.82, 2.24) is 14.9 Å². The van der Waals surface area contributed by atoms with Gasteiger partial charge in [-0.2, -0.15) is 5.10 Å². The Morgan fingerprint density at radius 1 is 1.52 bits per heavy atom. The first-order valence-corrected chi connectivity index (χ1v) is 8.23. The van der Waals surface area contributed by atoms with E-state index < -0.39 is 14.9 Å². The normalized spacial score (nSPS) is 11.5. The van der Waals surface area contributed by atoms with Crippen LogP contribution < -0.4 is 10.0 Å². The Kier molecular flexibility index (Phi) is 4.55. The first-order valence-electron chi connectivity index (χ1n) is 5.93. The number of nitro groups is 1. The van der Waals surface area contributed by atoms with E-state index in [1.54, 1.807) is 13.1 Å². The molecule has 2 aromatic heterocycles. The maximum absolute atomic E-state index is 12.1. The van der Waals surface area contributed by atoms with Gasteiger partial charge in [-0.15, -0.1) is 0 Å². The van der Waals surface area contributed by atoms with Gasteiger partial charge in [0, 0.05) is 30.9 Å². The number of aromatic nitrogens is 2. The molecule has 0 aliphatic heterocycles. The van der Waals surface area contributed by atoms with Crippen molar-refractivity contribution in [3.05, 3.63) is 34.1 Å². The van der Waals surface area contributed by atoms with Crippen LogP contribution in [0.1, 0.15) is 12.5 Å². The Balaban J connectivity index is 2.23. The van der Waals surface area contributed by atoms with Crippen LogP contribution in [0.25, 0.3) is 0 Å². The number of rotatable bonds is 7. The van der Waals surface area contributed by atoms with Crippen LogP contribution in [0.4, 0.5) is 10.7 Å². The van der Waals surface area contributed by atoms with Crippen molar-refractivity contribution in [3.8, 4) is 0 Å². The molecule has 0 unspecified atom stereocenters. The first kappa shape index (κ1) is 15.4. The lowest BCUT2D eigenvalue weighted by atomic mass is 10.4. The third-order valence-electron chi connectivity index (χ3n) is 2.51. The second-order valence-electron chi connectivity index (χ2n) is 4.00. The molecule has 0 aliphatic carbocycles. The summed E-state index contributed by atoms with van der Waals surface area (Å²) in [7, 11) is -3.81. The lowest BCUT2D eigenvalue weighted by molar-refractivity contribution is -0.383. The topological polar surface area (TPSA) is 130 Å². The average molecular weight is 331 g/mol. The second-order valence-corrected chi connectivity index (χ2v) is 7.04. The Hall–Kier alpha value is -1.98. The molecule has 9 nitrogen and oxygen atoms in total. The van der Waals surface area contributed by atoms with Crippen molar-refractivity contribution >= 4 is 32.0 Å². The van der Waals surface area contributed by atoms with Gasteiger partial charge in [-0.25, -0.2) is 13.1 Å². The number of H-pyrrole nitrogens is 1. The van der Waals surface area contributed by atoms with Crippen LogP contribution in [0.15, 0.2) is 22.7 Å². The zero-order valence-electron chi connectivity index (χ0n) is 11.0. The highest BCUT2D eigenvalue weighted by molar-refractivity contribution is 7.91. The monoisotopic (exact) mass is 331 g/mol.